The average molecular weight is 507 g/mol. The Morgan fingerprint density at radius 3 is 2.50 bits per heavy atom. The topological polar surface area (TPSA) is 80.5 Å². The number of aromatic nitrogens is 1. The van der Waals surface area contributed by atoms with E-state index in [1.54, 1.807) is 24.3 Å². The van der Waals surface area contributed by atoms with Crippen LogP contribution in [0.4, 0.5) is 36.1 Å². The zero-order chi connectivity index (χ0) is 23.5. The van der Waals surface area contributed by atoms with Crippen LogP contribution in [0.15, 0.2) is 77.5 Å². The minimum Gasteiger partial charge on any atom is -0.497 e. The van der Waals surface area contributed by atoms with Crippen molar-refractivity contribution >= 4 is 44.7 Å². The number of methoxy groups -OCH3 is 1. The third kappa shape index (κ3) is 5.20. The lowest BCUT2D eigenvalue weighted by molar-refractivity contribution is -0.0920. The van der Waals surface area contributed by atoms with Crippen LogP contribution in [0.1, 0.15) is 10.4 Å². The number of anilines is 4. The van der Waals surface area contributed by atoms with Gasteiger partial charge in [0.1, 0.15) is 17.3 Å². The van der Waals surface area contributed by atoms with Crippen molar-refractivity contribution < 1.29 is 22.7 Å². The fourth-order valence-corrected chi connectivity index (χ4v) is 3.24. The molecule has 3 aromatic rings. The van der Waals surface area contributed by atoms with E-state index < -0.39 is 17.8 Å². The molecule has 2 aromatic carbocycles. The molecule has 0 radical (unpaired) electrons. The van der Waals surface area contributed by atoms with Crippen LogP contribution < -0.4 is 20.7 Å². The molecule has 32 heavy (non-hydrogen) atoms. The molecule has 0 aliphatic rings. The molecule has 1 aromatic heterocycles. The number of nitrogens with two attached hydrogens (primary N) is 1. The highest BCUT2D eigenvalue weighted by Crippen LogP contribution is 2.40. The first-order valence-corrected chi connectivity index (χ1v) is 9.92. The second-order valence-corrected chi connectivity index (χ2v) is 7.49. The van der Waals surface area contributed by atoms with Crippen LogP contribution in [0.25, 0.3) is 0 Å². The summed E-state index contributed by atoms with van der Waals surface area (Å²) in [5, 5.41) is 2.60. The Morgan fingerprint density at radius 1 is 1.19 bits per heavy atom. The van der Waals surface area contributed by atoms with Crippen LogP contribution in [0.2, 0.25) is 0 Å². The quantitative estimate of drug-likeness (QED) is 0.406. The van der Waals surface area contributed by atoms with Gasteiger partial charge in [0.15, 0.2) is 0 Å². The number of alkyl halides is 3. The van der Waals surface area contributed by atoms with Crippen LogP contribution in [0, 0.1) is 0 Å². The number of hydrogen-bond donors (Lipinski definition) is 2. The molecule has 0 fully saturated rings. The van der Waals surface area contributed by atoms with E-state index in [4.69, 9.17) is 10.5 Å². The Kier molecular flexibility index (Phi) is 6.73. The molecule has 1 heterocycles. The van der Waals surface area contributed by atoms with Crippen LogP contribution in [0.5, 0.6) is 5.75 Å². The van der Waals surface area contributed by atoms with Gasteiger partial charge < -0.3 is 20.7 Å². The number of amides is 1. The summed E-state index contributed by atoms with van der Waals surface area (Å²) in [6.45, 7) is 3.19. The third-order valence-electron chi connectivity index (χ3n) is 4.41. The lowest BCUT2D eigenvalue weighted by atomic mass is 10.2. The van der Waals surface area contributed by atoms with Gasteiger partial charge in [0, 0.05) is 16.1 Å². The Bertz CT molecular complexity index is 1150. The number of nitrogen functional groups attached to an aromatic ring is 1. The zero-order valence-electron chi connectivity index (χ0n) is 16.8. The predicted molar refractivity (Wildman–Crippen MR) is 121 cm³/mol. The van der Waals surface area contributed by atoms with E-state index in [-0.39, 0.29) is 22.9 Å². The van der Waals surface area contributed by atoms with Crippen molar-refractivity contribution in [3.05, 3.63) is 83.1 Å². The van der Waals surface area contributed by atoms with E-state index in [0.717, 1.165) is 9.37 Å². The Morgan fingerprint density at radius 2 is 1.94 bits per heavy atom. The van der Waals surface area contributed by atoms with Crippen molar-refractivity contribution in [2.45, 2.75) is 6.18 Å². The molecule has 3 N–H and O–H groups in total. The number of nitrogens with zero attached hydrogens (tertiary/aromatic N) is 2. The van der Waals surface area contributed by atoms with Crippen LogP contribution in [-0.4, -0.2) is 24.2 Å². The van der Waals surface area contributed by atoms with Crippen molar-refractivity contribution in [3.63, 3.8) is 0 Å². The Hall–Kier alpha value is -3.53. The normalized spacial score (nSPS) is 11.0. The molecule has 0 unspecified atom stereocenters. The van der Waals surface area contributed by atoms with Crippen molar-refractivity contribution in [3.8, 4) is 5.75 Å². The first-order chi connectivity index (χ1) is 15.1. The first-order valence-electron chi connectivity index (χ1n) is 9.13. The maximum atomic E-state index is 13.5. The number of hydrogen-bond acceptors (Lipinski definition) is 5. The van der Waals surface area contributed by atoms with Crippen molar-refractivity contribution in [1.82, 2.24) is 4.98 Å². The molecule has 0 atom stereocenters. The van der Waals surface area contributed by atoms with E-state index in [1.807, 2.05) is 0 Å². The molecule has 0 spiro atoms. The highest BCUT2D eigenvalue weighted by atomic mass is 79.9. The summed E-state index contributed by atoms with van der Waals surface area (Å²) in [4.78, 5) is 17.3. The molecule has 10 heteroatoms. The van der Waals surface area contributed by atoms with Gasteiger partial charge in [-0.1, -0.05) is 28.6 Å². The van der Waals surface area contributed by atoms with Crippen molar-refractivity contribution in [2.75, 3.05) is 23.1 Å². The van der Waals surface area contributed by atoms with Crippen LogP contribution in [-0.2, 0) is 0 Å². The number of nitrogens with one attached hydrogen (secondary N) is 1. The van der Waals surface area contributed by atoms with Gasteiger partial charge in [-0.2, -0.15) is 13.2 Å². The third-order valence-corrected chi connectivity index (χ3v) is 4.90. The second kappa shape index (κ2) is 9.31. The fourth-order valence-electron chi connectivity index (χ4n) is 2.84. The summed E-state index contributed by atoms with van der Waals surface area (Å²) in [5.74, 6) is 0.147. The molecular weight excluding hydrogens is 489 g/mol. The highest BCUT2D eigenvalue weighted by molar-refractivity contribution is 9.10. The predicted octanol–water partition coefficient (Wildman–Crippen LogP) is 5.90. The van der Waals surface area contributed by atoms with E-state index in [0.29, 0.717) is 11.3 Å². The van der Waals surface area contributed by atoms with Crippen molar-refractivity contribution in [2.24, 2.45) is 0 Å². The number of allylic oxidation sites excluding steroid dienone is 1. The summed E-state index contributed by atoms with van der Waals surface area (Å²) in [5.41, 5.74) is 5.39. The van der Waals surface area contributed by atoms with E-state index >= 15 is 0 Å². The summed E-state index contributed by atoms with van der Waals surface area (Å²) >= 11 is 3.29. The number of rotatable bonds is 6. The minimum absolute atomic E-state index is 0.0563. The fraction of sp³-hybridized carbons (Fsp3) is 0.0909. The molecule has 0 saturated heterocycles. The minimum atomic E-state index is -4.72. The maximum absolute atomic E-state index is 13.5. The molecule has 0 bridgehead atoms. The molecule has 0 aliphatic carbocycles. The van der Waals surface area contributed by atoms with Crippen LogP contribution in [0.3, 0.4) is 0 Å². The summed E-state index contributed by atoms with van der Waals surface area (Å²) in [7, 11) is 1.42. The summed E-state index contributed by atoms with van der Waals surface area (Å²) in [6.07, 6.45) is -3.53. The number of benzene rings is 2. The van der Waals surface area contributed by atoms with Gasteiger partial charge in [-0.25, -0.2) is 4.98 Å². The van der Waals surface area contributed by atoms with Gasteiger partial charge in [-0.15, -0.1) is 0 Å². The van der Waals surface area contributed by atoms with Gasteiger partial charge in [0.25, 0.3) is 5.91 Å². The lowest BCUT2D eigenvalue weighted by Crippen LogP contribution is -2.28. The van der Waals surface area contributed by atoms with Gasteiger partial charge in [0.2, 0.25) is 0 Å². The summed E-state index contributed by atoms with van der Waals surface area (Å²) < 4.78 is 46.4. The van der Waals surface area contributed by atoms with E-state index in [9.17, 15) is 18.0 Å². The Balaban J connectivity index is 1.92. The zero-order valence-corrected chi connectivity index (χ0v) is 18.4. The molecule has 0 aliphatic heterocycles. The summed E-state index contributed by atoms with van der Waals surface area (Å²) in [6, 6.07) is 13.8. The lowest BCUT2D eigenvalue weighted by Gasteiger charge is -2.29. The number of pyridine rings is 1. The Labute approximate surface area is 190 Å². The van der Waals surface area contributed by atoms with Gasteiger partial charge in [-0.3, -0.25) is 4.79 Å². The van der Waals surface area contributed by atoms with Crippen molar-refractivity contribution in [1.29, 1.82) is 0 Å². The molecule has 6 nitrogen and oxygen atoms in total. The highest BCUT2D eigenvalue weighted by Gasteiger charge is 2.38. The number of carbonyl (C=O) groups is 1. The monoisotopic (exact) mass is 506 g/mol. The number of halogens is 4. The molecule has 3 rings (SSSR count). The second-order valence-electron chi connectivity index (χ2n) is 6.57. The van der Waals surface area contributed by atoms with Gasteiger partial charge >= 0.3 is 6.18 Å². The molecule has 166 valence electrons. The number of carbonyl (C=O) groups excluding carboxylic acids is 1. The van der Waals surface area contributed by atoms with Gasteiger partial charge in [0.05, 0.1) is 30.4 Å². The SMILES string of the molecule is C=C(N(c1ccc(NC(=O)c2cccc(Br)c2)nc1)c1ccc(OC)cc1N)C(F)(F)F. The van der Waals surface area contributed by atoms with Crippen LogP contribution >= 0.6 is 15.9 Å². The largest absolute Gasteiger partial charge is 0.497 e. The first kappa shape index (κ1) is 23.1. The molecule has 0 saturated carbocycles. The van der Waals surface area contributed by atoms with Gasteiger partial charge in [-0.05, 0) is 42.5 Å². The smallest absolute Gasteiger partial charge is 0.431 e. The molecular formula is C22H18BrF3N4O2. The average Bonchev–Trinajstić information content (AvgIpc) is 2.75. The molecule has 1 amide bonds. The standard InChI is InChI=1S/C22H18BrF3N4O2/c1-13(22(24,25)26)30(19-8-7-17(32-2)11-18(19)27)16-6-9-20(28-12-16)29-21(31)14-4-3-5-15(23)10-14/h3-12H,1,27H2,2H3,(H,28,29,31). The maximum Gasteiger partial charge on any atom is 0.431 e. The van der Waals surface area contributed by atoms with E-state index in [1.165, 1.54) is 43.6 Å². The number of ether oxygens (including phenoxy) is 1. The van der Waals surface area contributed by atoms with E-state index in [2.05, 4.69) is 32.8 Å².